The first-order valence-corrected chi connectivity index (χ1v) is 5.90. The van der Waals surface area contributed by atoms with Gasteiger partial charge in [0.1, 0.15) is 6.04 Å². The molecule has 1 atom stereocenters. The average molecular weight is 244 g/mol. The van der Waals surface area contributed by atoms with E-state index in [4.69, 9.17) is 4.84 Å². The molecule has 2 amide bonds. The third-order valence-corrected chi connectivity index (χ3v) is 2.43. The topological polar surface area (TPSA) is 58.6 Å². The van der Waals surface area contributed by atoms with Crippen LogP contribution in [0.5, 0.6) is 0 Å². The van der Waals surface area contributed by atoms with E-state index in [9.17, 15) is 9.59 Å². The van der Waals surface area contributed by atoms with Crippen LogP contribution in [-0.4, -0.2) is 37.1 Å². The predicted molar refractivity (Wildman–Crippen MR) is 66.0 cm³/mol. The molecule has 17 heavy (non-hydrogen) atoms. The molecule has 5 heteroatoms. The van der Waals surface area contributed by atoms with Crippen molar-refractivity contribution in [1.29, 1.82) is 0 Å². The molecule has 0 fully saturated rings. The molecule has 0 rings (SSSR count). The summed E-state index contributed by atoms with van der Waals surface area (Å²) in [5, 5.41) is 3.89. The molecule has 0 unspecified atom stereocenters. The monoisotopic (exact) mass is 244 g/mol. The Bertz CT molecular complexity index is 264. The summed E-state index contributed by atoms with van der Waals surface area (Å²) < 4.78 is 0. The molecule has 0 aromatic rings. The smallest absolute Gasteiger partial charge is 0.268 e. The number of rotatable bonds is 6. The minimum Gasteiger partial charge on any atom is -0.344 e. The lowest BCUT2D eigenvalue weighted by molar-refractivity contribution is -0.172. The summed E-state index contributed by atoms with van der Waals surface area (Å²) in [6, 6.07) is -0.536. The Hall–Kier alpha value is -1.10. The lowest BCUT2D eigenvalue weighted by Gasteiger charge is -2.25. The van der Waals surface area contributed by atoms with Gasteiger partial charge in [0.15, 0.2) is 0 Å². The molecule has 0 saturated heterocycles. The maximum absolute atomic E-state index is 11.9. The fraction of sp³-hybridized carbons (Fsp3) is 0.833. The van der Waals surface area contributed by atoms with Gasteiger partial charge in [-0.3, -0.25) is 14.4 Å². The van der Waals surface area contributed by atoms with Gasteiger partial charge in [-0.05, 0) is 11.8 Å². The Labute approximate surface area is 103 Å². The van der Waals surface area contributed by atoms with E-state index in [-0.39, 0.29) is 23.7 Å². The van der Waals surface area contributed by atoms with Crippen molar-refractivity contribution in [2.75, 3.05) is 14.2 Å². The second-order valence-corrected chi connectivity index (χ2v) is 4.91. The summed E-state index contributed by atoms with van der Waals surface area (Å²) >= 11 is 0. The van der Waals surface area contributed by atoms with Crippen molar-refractivity contribution < 1.29 is 14.4 Å². The van der Waals surface area contributed by atoms with Crippen LogP contribution in [0.2, 0.25) is 0 Å². The molecule has 100 valence electrons. The van der Waals surface area contributed by atoms with Gasteiger partial charge < -0.3 is 5.32 Å². The van der Waals surface area contributed by atoms with Crippen LogP contribution < -0.4 is 5.32 Å². The van der Waals surface area contributed by atoms with E-state index < -0.39 is 6.04 Å². The highest BCUT2D eigenvalue weighted by Gasteiger charge is 2.27. The first-order valence-electron chi connectivity index (χ1n) is 5.90. The average Bonchev–Trinajstić information content (AvgIpc) is 2.22. The van der Waals surface area contributed by atoms with Gasteiger partial charge in [-0.25, -0.2) is 5.06 Å². The van der Waals surface area contributed by atoms with Crippen LogP contribution in [0.15, 0.2) is 0 Å². The Morgan fingerprint density at radius 3 is 2.12 bits per heavy atom. The van der Waals surface area contributed by atoms with Gasteiger partial charge in [-0.15, -0.1) is 0 Å². The highest BCUT2D eigenvalue weighted by Crippen LogP contribution is 2.07. The van der Waals surface area contributed by atoms with E-state index >= 15 is 0 Å². The van der Waals surface area contributed by atoms with Crippen molar-refractivity contribution in [1.82, 2.24) is 10.4 Å². The number of hydrogen-bond acceptors (Lipinski definition) is 3. The lowest BCUT2D eigenvalue weighted by Crippen LogP contribution is -2.50. The quantitative estimate of drug-likeness (QED) is 0.714. The van der Waals surface area contributed by atoms with E-state index in [1.54, 1.807) is 0 Å². The van der Waals surface area contributed by atoms with Crippen LogP contribution in [0, 0.1) is 11.8 Å². The van der Waals surface area contributed by atoms with Crippen molar-refractivity contribution in [2.45, 2.75) is 40.2 Å². The molecule has 5 nitrogen and oxygen atoms in total. The van der Waals surface area contributed by atoms with Gasteiger partial charge in [0.05, 0.1) is 7.11 Å². The molecular formula is C12H24N2O3. The molecule has 1 N–H and O–H groups in total. The van der Waals surface area contributed by atoms with Crippen molar-refractivity contribution in [3.8, 4) is 0 Å². The SMILES string of the molecule is CON(C)C(=O)[C@H](NC(=O)CC(C)C)C(C)C. The number of hydrogen-bond donors (Lipinski definition) is 1. The first-order chi connectivity index (χ1) is 7.79. The van der Waals surface area contributed by atoms with Gasteiger partial charge in [0, 0.05) is 13.5 Å². The summed E-state index contributed by atoms with van der Waals surface area (Å²) in [6.07, 6.45) is 0.424. The van der Waals surface area contributed by atoms with Crippen LogP contribution in [0.25, 0.3) is 0 Å². The van der Waals surface area contributed by atoms with E-state index in [0.717, 1.165) is 5.06 Å². The zero-order chi connectivity index (χ0) is 13.6. The van der Waals surface area contributed by atoms with Gasteiger partial charge in [-0.2, -0.15) is 0 Å². The summed E-state index contributed by atoms with van der Waals surface area (Å²) in [7, 11) is 2.96. The third kappa shape index (κ3) is 5.68. The van der Waals surface area contributed by atoms with Crippen LogP contribution in [-0.2, 0) is 14.4 Å². The van der Waals surface area contributed by atoms with Crippen molar-refractivity contribution in [3.63, 3.8) is 0 Å². The van der Waals surface area contributed by atoms with Crippen molar-refractivity contribution in [2.24, 2.45) is 11.8 Å². The van der Waals surface area contributed by atoms with Gasteiger partial charge in [0.25, 0.3) is 5.91 Å². The third-order valence-electron chi connectivity index (χ3n) is 2.43. The molecule has 0 aliphatic heterocycles. The van der Waals surface area contributed by atoms with Crippen molar-refractivity contribution >= 4 is 11.8 Å². The maximum Gasteiger partial charge on any atom is 0.268 e. The molecule has 0 saturated carbocycles. The summed E-state index contributed by atoms with van der Waals surface area (Å²) in [5.41, 5.74) is 0. The van der Waals surface area contributed by atoms with E-state index in [0.29, 0.717) is 6.42 Å². The minimum absolute atomic E-state index is 0.0243. The van der Waals surface area contributed by atoms with Crippen LogP contribution in [0.3, 0.4) is 0 Å². The summed E-state index contributed by atoms with van der Waals surface area (Å²) in [6.45, 7) is 7.71. The first kappa shape index (κ1) is 15.9. The highest BCUT2D eigenvalue weighted by molar-refractivity contribution is 5.87. The van der Waals surface area contributed by atoms with Crippen molar-refractivity contribution in [3.05, 3.63) is 0 Å². The van der Waals surface area contributed by atoms with E-state index in [1.807, 2.05) is 27.7 Å². The Morgan fingerprint density at radius 1 is 1.24 bits per heavy atom. The molecular weight excluding hydrogens is 220 g/mol. The number of nitrogens with zero attached hydrogens (tertiary/aromatic N) is 1. The van der Waals surface area contributed by atoms with Crippen LogP contribution in [0.4, 0.5) is 0 Å². The number of carbonyl (C=O) groups is 2. The number of carbonyl (C=O) groups excluding carboxylic acids is 2. The molecule has 0 aliphatic rings. The fourth-order valence-corrected chi connectivity index (χ4v) is 1.40. The van der Waals surface area contributed by atoms with E-state index in [1.165, 1.54) is 14.2 Å². The maximum atomic E-state index is 11.9. The number of amides is 2. The van der Waals surface area contributed by atoms with Gasteiger partial charge >= 0.3 is 0 Å². The molecule has 0 bridgehead atoms. The Kier molecular flexibility index (Phi) is 6.80. The molecule has 0 radical (unpaired) electrons. The van der Waals surface area contributed by atoms with Crippen LogP contribution in [0.1, 0.15) is 34.1 Å². The lowest BCUT2D eigenvalue weighted by atomic mass is 10.0. The Morgan fingerprint density at radius 2 is 1.76 bits per heavy atom. The number of hydroxylamine groups is 2. The minimum atomic E-state index is -0.536. The molecule has 0 aliphatic carbocycles. The zero-order valence-electron chi connectivity index (χ0n) is 11.6. The normalized spacial score (nSPS) is 12.7. The van der Waals surface area contributed by atoms with Crippen LogP contribution >= 0.6 is 0 Å². The molecule has 0 aromatic heterocycles. The van der Waals surface area contributed by atoms with E-state index in [2.05, 4.69) is 5.32 Å². The zero-order valence-corrected chi connectivity index (χ0v) is 11.6. The summed E-state index contributed by atoms with van der Waals surface area (Å²) in [4.78, 5) is 28.4. The number of likely N-dealkylation sites (N-methyl/N-ethyl adjacent to an activating group) is 1. The summed E-state index contributed by atoms with van der Waals surface area (Å²) in [5.74, 6) is -0.0366. The second-order valence-electron chi connectivity index (χ2n) is 4.91. The van der Waals surface area contributed by atoms with Gasteiger partial charge in [0.2, 0.25) is 5.91 Å². The van der Waals surface area contributed by atoms with Gasteiger partial charge in [-0.1, -0.05) is 27.7 Å². The molecule has 0 aromatic carbocycles. The number of nitrogens with one attached hydrogen (secondary N) is 1. The molecule has 0 heterocycles. The molecule has 0 spiro atoms. The second kappa shape index (κ2) is 7.27. The largest absolute Gasteiger partial charge is 0.344 e. The highest BCUT2D eigenvalue weighted by atomic mass is 16.7. The standard InChI is InChI=1S/C12H24N2O3/c1-8(2)7-10(15)13-11(9(3)4)12(16)14(5)17-6/h8-9,11H,7H2,1-6H3,(H,13,15)/t11-/m1/s1. The predicted octanol–water partition coefficient (Wildman–Crippen LogP) is 1.19. The fourth-order valence-electron chi connectivity index (χ4n) is 1.40. The Balaban J connectivity index is 4.54.